The molecule has 0 aromatic heterocycles. The van der Waals surface area contributed by atoms with E-state index in [9.17, 15) is 14.4 Å². The zero-order valence-corrected chi connectivity index (χ0v) is 11.7. The summed E-state index contributed by atoms with van der Waals surface area (Å²) in [7, 11) is 0. The van der Waals surface area contributed by atoms with Gasteiger partial charge in [-0.3, -0.25) is 9.59 Å². The van der Waals surface area contributed by atoms with E-state index < -0.39 is 6.03 Å². The average Bonchev–Trinajstić information content (AvgIpc) is 2.85. The van der Waals surface area contributed by atoms with E-state index in [2.05, 4.69) is 10.3 Å². The molecule has 0 aromatic rings. The first-order valence-electron chi connectivity index (χ1n) is 6.89. The molecule has 0 bridgehead atoms. The van der Waals surface area contributed by atoms with E-state index in [1.54, 1.807) is 28.0 Å². The molecule has 110 valence electrons. The van der Waals surface area contributed by atoms with Crippen molar-refractivity contribution in [3.8, 4) is 0 Å². The fourth-order valence-corrected chi connectivity index (χ4v) is 2.67. The summed E-state index contributed by atoms with van der Waals surface area (Å²) in [5.41, 5.74) is 1.17. The Bertz CT molecular complexity index is 597. The van der Waals surface area contributed by atoms with Crippen molar-refractivity contribution in [1.82, 2.24) is 15.1 Å². The fourth-order valence-electron chi connectivity index (χ4n) is 2.67. The van der Waals surface area contributed by atoms with Crippen molar-refractivity contribution >= 4 is 23.6 Å². The molecule has 1 aliphatic carbocycles. The van der Waals surface area contributed by atoms with Gasteiger partial charge in [0, 0.05) is 33.1 Å². The number of hydrogen-bond donors (Lipinski definition) is 1. The van der Waals surface area contributed by atoms with Crippen LogP contribution in [0, 0.1) is 5.92 Å². The van der Waals surface area contributed by atoms with Crippen LogP contribution in [0.1, 0.15) is 6.92 Å². The van der Waals surface area contributed by atoms with Gasteiger partial charge in [-0.15, -0.1) is 0 Å². The van der Waals surface area contributed by atoms with Gasteiger partial charge in [-0.2, -0.15) is 4.99 Å². The number of fused-ring (bicyclic) bond motifs is 1. The Morgan fingerprint density at radius 2 is 1.90 bits per heavy atom. The minimum Gasteiger partial charge on any atom is -0.339 e. The van der Waals surface area contributed by atoms with Gasteiger partial charge < -0.3 is 15.1 Å². The van der Waals surface area contributed by atoms with Crippen LogP contribution < -0.4 is 5.32 Å². The highest BCUT2D eigenvalue weighted by atomic mass is 16.2. The van der Waals surface area contributed by atoms with Crippen LogP contribution >= 0.6 is 0 Å². The molecule has 1 unspecified atom stereocenters. The zero-order chi connectivity index (χ0) is 15.0. The van der Waals surface area contributed by atoms with Crippen LogP contribution in [0.4, 0.5) is 4.79 Å². The third-order valence-electron chi connectivity index (χ3n) is 3.87. The minimum absolute atomic E-state index is 0.0119. The molecule has 3 rings (SSSR count). The molecular weight excluding hydrogens is 272 g/mol. The Labute approximate surface area is 122 Å². The Morgan fingerprint density at radius 3 is 2.57 bits per heavy atom. The lowest BCUT2D eigenvalue weighted by molar-refractivity contribution is -0.139. The standard InChI is InChI=1S/C14H16N4O3/c1-9(19)17-4-6-18(7-5-17)13(20)10-2-3-11-12(8-10)16-14(21)15-11/h2-3,8,10H,4-7H2,1H3,(H,16,21). The number of piperazine rings is 1. The summed E-state index contributed by atoms with van der Waals surface area (Å²) in [6.45, 7) is 3.75. The first-order valence-corrected chi connectivity index (χ1v) is 6.89. The van der Waals surface area contributed by atoms with Crippen molar-refractivity contribution in [3.63, 3.8) is 0 Å². The molecule has 2 aliphatic heterocycles. The molecule has 1 fully saturated rings. The number of hydrogen-bond acceptors (Lipinski definition) is 3. The fraction of sp³-hybridized carbons (Fsp3) is 0.429. The van der Waals surface area contributed by atoms with Crippen LogP contribution in [0.3, 0.4) is 0 Å². The molecule has 1 atom stereocenters. The highest BCUT2D eigenvalue weighted by Crippen LogP contribution is 2.19. The summed E-state index contributed by atoms with van der Waals surface area (Å²) in [6, 6.07) is -0.399. The first-order chi connectivity index (χ1) is 10.0. The van der Waals surface area contributed by atoms with Crippen molar-refractivity contribution < 1.29 is 14.4 Å². The van der Waals surface area contributed by atoms with Crippen LogP contribution in [-0.4, -0.2) is 59.5 Å². The van der Waals surface area contributed by atoms with E-state index in [1.165, 1.54) is 6.92 Å². The van der Waals surface area contributed by atoms with E-state index in [-0.39, 0.29) is 17.7 Å². The first kappa shape index (κ1) is 13.5. The Balaban J connectivity index is 1.65. The molecule has 7 nitrogen and oxygen atoms in total. The number of allylic oxidation sites excluding steroid dienone is 1. The zero-order valence-electron chi connectivity index (χ0n) is 11.7. The molecule has 21 heavy (non-hydrogen) atoms. The van der Waals surface area contributed by atoms with Gasteiger partial charge in [0.2, 0.25) is 11.8 Å². The molecule has 1 N–H and O–H groups in total. The van der Waals surface area contributed by atoms with Crippen molar-refractivity contribution in [2.45, 2.75) is 6.92 Å². The highest BCUT2D eigenvalue weighted by Gasteiger charge is 2.29. The predicted octanol–water partition coefficient (Wildman–Crippen LogP) is -0.0888. The molecule has 0 spiro atoms. The quantitative estimate of drug-likeness (QED) is 0.732. The normalized spacial score (nSPS) is 24.2. The second kappa shape index (κ2) is 5.16. The van der Waals surface area contributed by atoms with Gasteiger partial charge in [0.25, 0.3) is 0 Å². The lowest BCUT2D eigenvalue weighted by Crippen LogP contribution is -2.51. The molecule has 0 saturated carbocycles. The SMILES string of the molecule is CC(=O)N1CCN(C(=O)C2C=CC3=NC(=O)NC3=C2)CC1. The number of amides is 4. The number of carbonyl (C=O) groups excluding carboxylic acids is 3. The van der Waals surface area contributed by atoms with Crippen LogP contribution in [0.2, 0.25) is 0 Å². The van der Waals surface area contributed by atoms with E-state index in [1.807, 2.05) is 0 Å². The smallest absolute Gasteiger partial charge is 0.339 e. The minimum atomic E-state index is -0.399. The number of nitrogens with one attached hydrogen (secondary N) is 1. The van der Waals surface area contributed by atoms with Gasteiger partial charge in [-0.05, 0) is 12.2 Å². The Morgan fingerprint density at radius 1 is 1.24 bits per heavy atom. The molecule has 1 saturated heterocycles. The van der Waals surface area contributed by atoms with Crippen LogP contribution in [0.25, 0.3) is 0 Å². The monoisotopic (exact) mass is 288 g/mol. The molecule has 2 heterocycles. The molecule has 3 aliphatic rings. The third kappa shape index (κ3) is 2.58. The molecule has 4 amide bonds. The molecule has 0 radical (unpaired) electrons. The highest BCUT2D eigenvalue weighted by molar-refractivity contribution is 6.19. The molecule has 7 heteroatoms. The van der Waals surface area contributed by atoms with Gasteiger partial charge >= 0.3 is 6.03 Å². The Kier molecular flexibility index (Phi) is 3.32. The Hall–Kier alpha value is -2.44. The van der Waals surface area contributed by atoms with Crippen molar-refractivity contribution in [3.05, 3.63) is 23.9 Å². The maximum absolute atomic E-state index is 12.5. The lowest BCUT2D eigenvalue weighted by atomic mass is 9.98. The van der Waals surface area contributed by atoms with Crippen LogP contribution in [0.15, 0.2) is 28.9 Å². The predicted molar refractivity (Wildman–Crippen MR) is 75.5 cm³/mol. The summed E-state index contributed by atoms with van der Waals surface area (Å²) >= 11 is 0. The number of aliphatic imine (C=N–C) groups is 1. The largest absolute Gasteiger partial charge is 0.346 e. The van der Waals surface area contributed by atoms with E-state index in [0.29, 0.717) is 37.6 Å². The van der Waals surface area contributed by atoms with Crippen molar-refractivity contribution in [1.29, 1.82) is 0 Å². The second-order valence-electron chi connectivity index (χ2n) is 5.22. The summed E-state index contributed by atoms with van der Waals surface area (Å²) < 4.78 is 0. The van der Waals surface area contributed by atoms with E-state index in [4.69, 9.17) is 0 Å². The number of rotatable bonds is 1. The summed E-state index contributed by atoms with van der Waals surface area (Å²) in [4.78, 5) is 42.2. The summed E-state index contributed by atoms with van der Waals surface area (Å²) in [6.07, 6.45) is 5.17. The molecular formula is C14H16N4O3. The van der Waals surface area contributed by atoms with Gasteiger partial charge in [0.05, 0.1) is 17.3 Å². The van der Waals surface area contributed by atoms with Gasteiger partial charge in [0.1, 0.15) is 0 Å². The van der Waals surface area contributed by atoms with Gasteiger partial charge in [-0.25, -0.2) is 4.79 Å². The van der Waals surface area contributed by atoms with Crippen molar-refractivity contribution in [2.24, 2.45) is 10.9 Å². The van der Waals surface area contributed by atoms with E-state index >= 15 is 0 Å². The summed E-state index contributed by atoms with van der Waals surface area (Å²) in [5, 5.41) is 2.61. The third-order valence-corrected chi connectivity index (χ3v) is 3.87. The van der Waals surface area contributed by atoms with Gasteiger partial charge in [-0.1, -0.05) is 6.08 Å². The molecule has 0 aromatic carbocycles. The maximum atomic E-state index is 12.5. The number of urea groups is 1. The van der Waals surface area contributed by atoms with E-state index in [0.717, 1.165) is 0 Å². The average molecular weight is 288 g/mol. The number of carbonyl (C=O) groups is 3. The van der Waals surface area contributed by atoms with Gasteiger partial charge in [0.15, 0.2) is 0 Å². The van der Waals surface area contributed by atoms with Crippen molar-refractivity contribution in [2.75, 3.05) is 26.2 Å². The second-order valence-corrected chi connectivity index (χ2v) is 5.22. The number of nitrogens with zero attached hydrogens (tertiary/aromatic N) is 3. The maximum Gasteiger partial charge on any atom is 0.346 e. The van der Waals surface area contributed by atoms with Crippen LogP contribution in [-0.2, 0) is 9.59 Å². The summed E-state index contributed by atoms with van der Waals surface area (Å²) in [5.74, 6) is -0.361. The topological polar surface area (TPSA) is 82.1 Å². The van der Waals surface area contributed by atoms with Crippen LogP contribution in [0.5, 0.6) is 0 Å². The lowest BCUT2D eigenvalue weighted by Gasteiger charge is -2.35.